The van der Waals surface area contributed by atoms with Crippen LogP contribution in [0.15, 0.2) is 36.0 Å². The fourth-order valence-corrected chi connectivity index (χ4v) is 2.95. The minimum atomic E-state index is -0.543. The van der Waals surface area contributed by atoms with Gasteiger partial charge in [0, 0.05) is 37.0 Å². The lowest BCUT2D eigenvalue weighted by Gasteiger charge is -2.25. The minimum absolute atomic E-state index is 0.0397. The summed E-state index contributed by atoms with van der Waals surface area (Å²) in [7, 11) is 0. The molecule has 0 unspecified atom stereocenters. The van der Waals surface area contributed by atoms with E-state index < -0.39 is 4.92 Å². The summed E-state index contributed by atoms with van der Waals surface area (Å²) in [6.07, 6.45) is 5.17. The van der Waals surface area contributed by atoms with Crippen LogP contribution in [0.5, 0.6) is 0 Å². The Morgan fingerprint density at radius 3 is 2.57 bits per heavy atom. The third-order valence-corrected chi connectivity index (χ3v) is 4.10. The molecule has 23 heavy (non-hydrogen) atoms. The molecule has 2 fully saturated rings. The molecule has 2 aliphatic heterocycles. The van der Waals surface area contributed by atoms with Crippen molar-refractivity contribution in [2.24, 2.45) is 0 Å². The molecule has 0 saturated carbocycles. The van der Waals surface area contributed by atoms with Gasteiger partial charge in [0.25, 0.3) is 11.6 Å². The molecule has 0 aliphatic carbocycles. The molecule has 2 saturated heterocycles. The summed E-state index contributed by atoms with van der Waals surface area (Å²) < 4.78 is 0. The Morgan fingerprint density at radius 1 is 1.13 bits per heavy atom. The van der Waals surface area contributed by atoms with E-state index in [4.69, 9.17) is 0 Å². The number of likely N-dealkylation sites (tertiary alicyclic amines) is 1. The van der Waals surface area contributed by atoms with E-state index in [9.17, 15) is 19.7 Å². The van der Waals surface area contributed by atoms with Crippen molar-refractivity contribution in [1.82, 2.24) is 4.90 Å². The molecule has 2 amide bonds. The molecule has 1 aromatic rings. The van der Waals surface area contributed by atoms with E-state index in [0.717, 1.165) is 30.8 Å². The predicted octanol–water partition coefficient (Wildman–Crippen LogP) is 2.23. The molecule has 0 N–H and O–H groups in total. The lowest BCUT2D eigenvalue weighted by Crippen LogP contribution is -2.30. The van der Waals surface area contributed by atoms with Crippen molar-refractivity contribution in [3.63, 3.8) is 0 Å². The Kier molecular flexibility index (Phi) is 4.10. The van der Waals surface area contributed by atoms with Crippen molar-refractivity contribution in [2.75, 3.05) is 18.0 Å². The van der Waals surface area contributed by atoms with E-state index in [-0.39, 0.29) is 29.6 Å². The zero-order chi connectivity index (χ0) is 16.4. The van der Waals surface area contributed by atoms with Gasteiger partial charge in [-0.1, -0.05) is 6.07 Å². The second-order valence-corrected chi connectivity index (χ2v) is 5.74. The molecule has 7 heteroatoms. The second-order valence-electron chi connectivity index (χ2n) is 5.74. The highest BCUT2D eigenvalue weighted by Crippen LogP contribution is 2.29. The van der Waals surface area contributed by atoms with Gasteiger partial charge in [0.2, 0.25) is 5.91 Å². The number of piperidine rings is 1. The van der Waals surface area contributed by atoms with Crippen LogP contribution in [0.1, 0.15) is 25.7 Å². The number of nitro groups is 1. The lowest BCUT2D eigenvalue weighted by atomic mass is 10.1. The van der Waals surface area contributed by atoms with Gasteiger partial charge < -0.3 is 4.90 Å². The van der Waals surface area contributed by atoms with Gasteiger partial charge in [-0.2, -0.15) is 0 Å². The Bertz CT molecular complexity index is 692. The van der Waals surface area contributed by atoms with Gasteiger partial charge in [0.05, 0.1) is 17.0 Å². The number of carbonyl (C=O) groups excluding carboxylic acids is 2. The molecule has 2 aliphatic rings. The maximum absolute atomic E-state index is 12.5. The number of nitro benzene ring substituents is 1. The van der Waals surface area contributed by atoms with Crippen molar-refractivity contribution >= 4 is 23.2 Å². The monoisotopic (exact) mass is 315 g/mol. The summed E-state index contributed by atoms with van der Waals surface area (Å²) in [6.45, 7) is 1.78. The van der Waals surface area contributed by atoms with E-state index >= 15 is 0 Å². The largest absolute Gasteiger partial charge is 0.377 e. The summed E-state index contributed by atoms with van der Waals surface area (Å²) in [5.74, 6) is -0.736. The molecular weight excluding hydrogens is 298 g/mol. The van der Waals surface area contributed by atoms with E-state index in [1.165, 1.54) is 30.7 Å². The summed E-state index contributed by atoms with van der Waals surface area (Å²) in [6, 6.07) is 5.59. The lowest BCUT2D eigenvalue weighted by molar-refractivity contribution is -0.384. The van der Waals surface area contributed by atoms with Gasteiger partial charge in [-0.3, -0.25) is 19.7 Å². The van der Waals surface area contributed by atoms with Crippen molar-refractivity contribution in [3.05, 3.63) is 46.2 Å². The first kappa shape index (κ1) is 15.2. The number of hydrogen-bond donors (Lipinski definition) is 0. The number of anilines is 1. The number of nitrogens with zero attached hydrogens (tertiary/aromatic N) is 3. The standard InChI is InChI=1S/C16H17N3O4/c20-15-9-12(11-17-7-2-1-3-8-17)16(21)18(15)13-5-4-6-14(10-13)19(22)23/h4-6,10-11H,1-3,7-9H2. The fraction of sp³-hybridized carbons (Fsp3) is 0.375. The number of imide groups is 1. The average molecular weight is 315 g/mol. The topological polar surface area (TPSA) is 83.8 Å². The number of benzene rings is 1. The van der Waals surface area contributed by atoms with Crippen LogP contribution in [0.25, 0.3) is 0 Å². The summed E-state index contributed by atoms with van der Waals surface area (Å²) in [4.78, 5) is 38.1. The smallest absolute Gasteiger partial charge is 0.271 e. The highest BCUT2D eigenvalue weighted by Gasteiger charge is 2.36. The number of amides is 2. The third-order valence-electron chi connectivity index (χ3n) is 4.10. The van der Waals surface area contributed by atoms with Crippen LogP contribution in [-0.2, 0) is 9.59 Å². The molecule has 3 rings (SSSR count). The predicted molar refractivity (Wildman–Crippen MR) is 83.7 cm³/mol. The molecule has 0 atom stereocenters. The molecule has 2 heterocycles. The van der Waals surface area contributed by atoms with Gasteiger partial charge >= 0.3 is 0 Å². The van der Waals surface area contributed by atoms with Crippen LogP contribution in [0.2, 0.25) is 0 Å². The van der Waals surface area contributed by atoms with Crippen LogP contribution in [0.3, 0.4) is 0 Å². The quantitative estimate of drug-likeness (QED) is 0.369. The Labute approximate surface area is 133 Å². The first-order chi connectivity index (χ1) is 11.1. The van der Waals surface area contributed by atoms with Crippen molar-refractivity contribution in [3.8, 4) is 0 Å². The normalized spacial score (nSPS) is 20.4. The number of rotatable bonds is 3. The molecule has 0 radical (unpaired) electrons. The van der Waals surface area contributed by atoms with Crippen LogP contribution < -0.4 is 4.90 Å². The minimum Gasteiger partial charge on any atom is -0.377 e. The van der Waals surface area contributed by atoms with Gasteiger partial charge in [-0.05, 0) is 25.3 Å². The van der Waals surface area contributed by atoms with Crippen LogP contribution in [0, 0.1) is 10.1 Å². The molecule has 120 valence electrons. The maximum Gasteiger partial charge on any atom is 0.271 e. The maximum atomic E-state index is 12.5. The second kappa shape index (κ2) is 6.20. The highest BCUT2D eigenvalue weighted by molar-refractivity contribution is 6.28. The first-order valence-corrected chi connectivity index (χ1v) is 7.63. The molecule has 0 aromatic heterocycles. The molecule has 1 aromatic carbocycles. The molecular formula is C16H17N3O4. The highest BCUT2D eigenvalue weighted by atomic mass is 16.6. The van der Waals surface area contributed by atoms with Crippen molar-refractivity contribution < 1.29 is 14.5 Å². The van der Waals surface area contributed by atoms with Crippen LogP contribution in [-0.4, -0.2) is 34.7 Å². The Hall–Kier alpha value is -2.70. The summed E-state index contributed by atoms with van der Waals surface area (Å²) in [5.41, 5.74) is 0.552. The average Bonchev–Trinajstić information content (AvgIpc) is 2.82. The van der Waals surface area contributed by atoms with Gasteiger partial charge in [-0.15, -0.1) is 0 Å². The number of carbonyl (C=O) groups is 2. The van der Waals surface area contributed by atoms with Crippen LogP contribution >= 0.6 is 0 Å². The first-order valence-electron chi connectivity index (χ1n) is 7.63. The SMILES string of the molecule is O=C1CC(=CN2CCCCC2)C(=O)N1c1cccc([N+](=O)[O-])c1. The molecule has 0 spiro atoms. The summed E-state index contributed by atoms with van der Waals surface area (Å²) in [5, 5.41) is 10.9. The third kappa shape index (κ3) is 3.08. The van der Waals surface area contributed by atoms with E-state index in [1.807, 2.05) is 0 Å². The van der Waals surface area contributed by atoms with Gasteiger partial charge in [-0.25, -0.2) is 4.90 Å². The van der Waals surface area contributed by atoms with Gasteiger partial charge in [0.15, 0.2) is 0 Å². The van der Waals surface area contributed by atoms with Crippen LogP contribution in [0.4, 0.5) is 11.4 Å². The Balaban J connectivity index is 1.85. The van der Waals surface area contributed by atoms with E-state index in [0.29, 0.717) is 5.57 Å². The fourth-order valence-electron chi connectivity index (χ4n) is 2.95. The Morgan fingerprint density at radius 2 is 1.87 bits per heavy atom. The van der Waals surface area contributed by atoms with E-state index in [2.05, 4.69) is 4.90 Å². The van der Waals surface area contributed by atoms with Crippen molar-refractivity contribution in [2.45, 2.75) is 25.7 Å². The number of non-ortho nitro benzene ring substituents is 1. The van der Waals surface area contributed by atoms with Crippen molar-refractivity contribution in [1.29, 1.82) is 0 Å². The zero-order valence-electron chi connectivity index (χ0n) is 12.6. The van der Waals surface area contributed by atoms with E-state index in [1.54, 1.807) is 6.20 Å². The molecule has 7 nitrogen and oxygen atoms in total. The molecule has 0 bridgehead atoms. The van der Waals surface area contributed by atoms with Gasteiger partial charge in [0.1, 0.15) is 0 Å². The number of hydrogen-bond acceptors (Lipinski definition) is 5. The zero-order valence-corrected chi connectivity index (χ0v) is 12.6. The summed E-state index contributed by atoms with van der Waals surface area (Å²) >= 11 is 0.